The van der Waals surface area contributed by atoms with Crippen molar-refractivity contribution in [1.29, 1.82) is 0 Å². The summed E-state index contributed by atoms with van der Waals surface area (Å²) in [6.45, 7) is 0. The van der Waals surface area contributed by atoms with Crippen LogP contribution in [0.3, 0.4) is 0 Å². The van der Waals surface area contributed by atoms with Crippen LogP contribution in [0.1, 0.15) is 28.8 Å². The molecule has 6 nitrogen and oxygen atoms in total. The molecule has 0 amide bonds. The molecule has 0 aliphatic carbocycles. The van der Waals surface area contributed by atoms with Crippen LogP contribution in [0.25, 0.3) is 0 Å². The lowest BCUT2D eigenvalue weighted by atomic mass is 9.98. The van der Waals surface area contributed by atoms with Gasteiger partial charge >= 0.3 is 0 Å². The summed E-state index contributed by atoms with van der Waals surface area (Å²) in [5, 5.41) is 10.6. The number of aromatic hydroxyl groups is 1. The molecule has 148 valence electrons. The molecule has 0 aromatic heterocycles. The fourth-order valence-electron chi connectivity index (χ4n) is 3.14. The number of hydrogen-bond acceptors (Lipinski definition) is 8. The summed E-state index contributed by atoms with van der Waals surface area (Å²) in [5.41, 5.74) is 1.43. The number of rotatable bonds is 5. The molecule has 1 unspecified atom stereocenters. The first-order chi connectivity index (χ1) is 14.1. The van der Waals surface area contributed by atoms with Gasteiger partial charge in [0.15, 0.2) is 5.78 Å². The average Bonchev–Trinajstić information content (AvgIpc) is 3.10. The van der Waals surface area contributed by atoms with E-state index >= 15 is 0 Å². The number of hydrogen-bond donors (Lipinski definition) is 1. The van der Waals surface area contributed by atoms with E-state index in [2.05, 4.69) is 4.99 Å². The van der Waals surface area contributed by atoms with Gasteiger partial charge < -0.3 is 14.0 Å². The highest BCUT2D eigenvalue weighted by atomic mass is 32.2. The molecular weight excluding hydrogens is 410 g/mol. The number of benzene rings is 2. The van der Waals surface area contributed by atoms with Crippen molar-refractivity contribution in [2.75, 3.05) is 7.11 Å². The lowest BCUT2D eigenvalue weighted by Crippen LogP contribution is -2.27. The van der Waals surface area contributed by atoms with Crippen LogP contribution in [0.4, 0.5) is 0 Å². The first-order valence-electron chi connectivity index (χ1n) is 8.89. The van der Waals surface area contributed by atoms with E-state index in [1.807, 2.05) is 30.3 Å². The number of phenolic OH excluding ortho intramolecular Hbond substituents is 1. The third kappa shape index (κ3) is 4.10. The highest BCUT2D eigenvalue weighted by molar-refractivity contribution is 8.27. The number of ether oxygens (including phenoxy) is 1. The van der Waals surface area contributed by atoms with Gasteiger partial charge in [-0.15, -0.1) is 0 Å². The van der Waals surface area contributed by atoms with Crippen molar-refractivity contribution in [3.63, 3.8) is 0 Å². The maximum absolute atomic E-state index is 12.6. The largest absolute Gasteiger partial charge is 0.507 e. The van der Waals surface area contributed by atoms with Gasteiger partial charge in [-0.25, -0.2) is 4.99 Å². The minimum Gasteiger partial charge on any atom is -0.507 e. The molecule has 2 aliphatic heterocycles. The van der Waals surface area contributed by atoms with Crippen molar-refractivity contribution >= 4 is 39.7 Å². The van der Waals surface area contributed by atoms with Gasteiger partial charge in [-0.3, -0.25) is 9.59 Å². The molecule has 1 N–H and O–H groups in total. The van der Waals surface area contributed by atoms with Crippen molar-refractivity contribution in [1.82, 2.24) is 0 Å². The van der Waals surface area contributed by atoms with E-state index in [0.29, 0.717) is 27.8 Å². The van der Waals surface area contributed by atoms with Gasteiger partial charge in [0.1, 0.15) is 33.9 Å². The molecule has 2 aromatic carbocycles. The fraction of sp³-hybridized carbons (Fsp3) is 0.190. The molecule has 2 aromatic rings. The number of thioether (sulfide) groups is 1. The monoisotopic (exact) mass is 427 g/mol. The third-order valence-electron chi connectivity index (χ3n) is 4.46. The maximum Gasteiger partial charge on any atom is 0.243 e. The predicted octanol–water partition coefficient (Wildman–Crippen LogP) is 4.37. The van der Waals surface area contributed by atoms with Crippen molar-refractivity contribution < 1.29 is 23.6 Å². The van der Waals surface area contributed by atoms with Gasteiger partial charge in [-0.1, -0.05) is 36.4 Å². The highest BCUT2D eigenvalue weighted by Crippen LogP contribution is 2.42. The lowest BCUT2D eigenvalue weighted by molar-refractivity contribution is -0.107. The number of aliphatic imine (C=N–C) groups is 1. The molecule has 0 fully saturated rings. The molecule has 0 bridgehead atoms. The minimum atomic E-state index is -0.450. The zero-order valence-corrected chi connectivity index (χ0v) is 17.1. The van der Waals surface area contributed by atoms with Crippen LogP contribution in [0.2, 0.25) is 0 Å². The van der Waals surface area contributed by atoms with E-state index in [1.165, 1.54) is 13.2 Å². The number of ketones is 1. The quantitative estimate of drug-likeness (QED) is 0.560. The molecule has 0 radical (unpaired) electrons. The zero-order chi connectivity index (χ0) is 20.4. The van der Waals surface area contributed by atoms with Crippen LogP contribution < -0.4 is 4.74 Å². The number of phenols is 1. The molecule has 0 saturated carbocycles. The Labute approximate surface area is 176 Å². The smallest absolute Gasteiger partial charge is 0.243 e. The van der Waals surface area contributed by atoms with Crippen molar-refractivity contribution in [2.45, 2.75) is 23.8 Å². The van der Waals surface area contributed by atoms with Crippen molar-refractivity contribution in [3.8, 4) is 11.5 Å². The summed E-state index contributed by atoms with van der Waals surface area (Å²) in [5.74, 6) is 0.00475. The van der Waals surface area contributed by atoms with Gasteiger partial charge in [0.2, 0.25) is 5.12 Å². The first-order valence-corrected chi connectivity index (χ1v) is 10.5. The van der Waals surface area contributed by atoms with E-state index < -0.39 is 6.10 Å². The van der Waals surface area contributed by atoms with Crippen molar-refractivity contribution in [3.05, 3.63) is 65.4 Å². The number of carbonyl (C=O) groups is 2. The minimum absolute atomic E-state index is 0.110. The standard InChI is InChI=1S/C21H17NO5S2/c1-26-29-17-10-9-15(23)18-16(24)11-13(27-19(17)18)7-8-14-21(25)28-20(22-14)12-5-3-2-4-6-12/h2-6,8-10,13,23H,7,11H2,1H3. The second-order valence-electron chi connectivity index (χ2n) is 6.40. The van der Waals surface area contributed by atoms with Crippen LogP contribution in [-0.4, -0.2) is 34.3 Å². The molecule has 0 saturated heterocycles. The average molecular weight is 428 g/mol. The Kier molecular flexibility index (Phi) is 5.75. The Balaban J connectivity index is 1.54. The van der Waals surface area contributed by atoms with Crippen LogP contribution in [0, 0.1) is 0 Å². The van der Waals surface area contributed by atoms with Gasteiger partial charge in [-0.2, -0.15) is 0 Å². The normalized spacial score (nSPS) is 19.8. The van der Waals surface area contributed by atoms with E-state index in [-0.39, 0.29) is 28.6 Å². The van der Waals surface area contributed by atoms with Crippen LogP contribution in [0.15, 0.2) is 64.1 Å². The van der Waals surface area contributed by atoms with E-state index in [4.69, 9.17) is 8.92 Å². The van der Waals surface area contributed by atoms with Crippen LogP contribution >= 0.6 is 23.8 Å². The highest BCUT2D eigenvalue weighted by Gasteiger charge is 2.32. The third-order valence-corrected chi connectivity index (χ3v) is 6.05. The van der Waals surface area contributed by atoms with Gasteiger partial charge in [-0.05, 0) is 23.9 Å². The Morgan fingerprint density at radius 1 is 1.28 bits per heavy atom. The Morgan fingerprint density at radius 3 is 2.83 bits per heavy atom. The Morgan fingerprint density at radius 2 is 2.07 bits per heavy atom. The summed E-state index contributed by atoms with van der Waals surface area (Å²) in [6.07, 6.45) is 1.72. The molecule has 0 spiro atoms. The molecule has 8 heteroatoms. The van der Waals surface area contributed by atoms with E-state index in [0.717, 1.165) is 29.4 Å². The van der Waals surface area contributed by atoms with Gasteiger partial charge in [0.25, 0.3) is 0 Å². The second-order valence-corrected chi connectivity index (χ2v) is 8.30. The molecular formula is C21H17NO5S2. The van der Waals surface area contributed by atoms with E-state index in [9.17, 15) is 14.7 Å². The van der Waals surface area contributed by atoms with E-state index in [1.54, 1.807) is 12.1 Å². The summed E-state index contributed by atoms with van der Waals surface area (Å²) >= 11 is 2.16. The molecule has 1 atom stereocenters. The SMILES string of the molecule is COSc1ccc(O)c2c1OC(CC=C1N=C(c3ccccc3)SC1=O)CC2=O. The summed E-state index contributed by atoms with van der Waals surface area (Å²) in [4.78, 5) is 29.9. The first kappa shape index (κ1) is 19.8. The second kappa shape index (κ2) is 8.44. The zero-order valence-electron chi connectivity index (χ0n) is 15.5. The van der Waals surface area contributed by atoms with Gasteiger partial charge in [0, 0.05) is 30.4 Å². The molecule has 29 heavy (non-hydrogen) atoms. The van der Waals surface area contributed by atoms with Crippen molar-refractivity contribution in [2.24, 2.45) is 4.99 Å². The molecule has 2 heterocycles. The number of Topliss-reactive ketones (excluding diaryl/α,β-unsaturated/α-hetero) is 1. The summed E-state index contributed by atoms with van der Waals surface area (Å²) in [6, 6.07) is 12.6. The molecule has 2 aliphatic rings. The Hall–Kier alpha value is -2.55. The summed E-state index contributed by atoms with van der Waals surface area (Å²) < 4.78 is 11.1. The fourth-order valence-corrected chi connectivity index (χ4v) is 4.47. The number of nitrogens with zero attached hydrogens (tertiary/aromatic N) is 1. The topological polar surface area (TPSA) is 85.2 Å². The molecule has 4 rings (SSSR count). The van der Waals surface area contributed by atoms with Gasteiger partial charge in [0.05, 0.1) is 12.0 Å². The lowest BCUT2D eigenvalue weighted by Gasteiger charge is -2.26. The number of fused-ring (bicyclic) bond motifs is 1. The van der Waals surface area contributed by atoms with Crippen LogP contribution in [-0.2, 0) is 8.98 Å². The summed E-state index contributed by atoms with van der Waals surface area (Å²) in [7, 11) is 1.52. The maximum atomic E-state index is 12.6. The predicted molar refractivity (Wildman–Crippen MR) is 113 cm³/mol. The number of carbonyl (C=O) groups excluding carboxylic acids is 2. The Bertz CT molecular complexity index is 1030. The van der Waals surface area contributed by atoms with Crippen LogP contribution in [0.5, 0.6) is 11.5 Å².